The molecule has 0 N–H and O–H groups in total. The minimum Gasteiger partial charge on any atom is -0.444 e. The second-order valence-electron chi connectivity index (χ2n) is 7.22. The average molecular weight is 433 g/mol. The van der Waals surface area contributed by atoms with Crippen LogP contribution in [0.25, 0.3) is 0 Å². The van der Waals surface area contributed by atoms with Crippen molar-refractivity contribution in [2.45, 2.75) is 52.3 Å². The molecule has 25 heavy (non-hydrogen) atoms. The number of pyridine rings is 1. The molecule has 0 spiro atoms. The van der Waals surface area contributed by atoms with Crippen molar-refractivity contribution in [2.75, 3.05) is 13.1 Å². The summed E-state index contributed by atoms with van der Waals surface area (Å²) in [4.78, 5) is 32.2. The van der Waals surface area contributed by atoms with Gasteiger partial charge in [0.25, 0.3) is 0 Å². The molecule has 2 amide bonds. The monoisotopic (exact) mass is 431 g/mol. The van der Waals surface area contributed by atoms with Crippen LogP contribution in [0.3, 0.4) is 0 Å². The van der Waals surface area contributed by atoms with Gasteiger partial charge in [-0.05, 0) is 61.3 Å². The van der Waals surface area contributed by atoms with E-state index in [0.29, 0.717) is 22.8 Å². The van der Waals surface area contributed by atoms with Gasteiger partial charge in [0.15, 0.2) is 0 Å². The van der Waals surface area contributed by atoms with Crippen LogP contribution in [0.2, 0.25) is 5.15 Å². The topological polar surface area (TPSA) is 62.7 Å². The summed E-state index contributed by atoms with van der Waals surface area (Å²) in [6.45, 7) is 9.70. The Balaban J connectivity index is 2.35. The first-order valence-electron chi connectivity index (χ1n) is 8.07. The molecule has 0 saturated carbocycles. The van der Waals surface area contributed by atoms with E-state index < -0.39 is 5.60 Å². The van der Waals surface area contributed by atoms with Crippen LogP contribution in [0.4, 0.5) is 4.79 Å². The van der Waals surface area contributed by atoms with E-state index in [1.165, 1.54) is 6.92 Å². The van der Waals surface area contributed by atoms with Gasteiger partial charge >= 0.3 is 6.09 Å². The zero-order valence-corrected chi connectivity index (χ0v) is 17.4. The molecule has 0 radical (unpaired) electrons. The summed E-state index contributed by atoms with van der Waals surface area (Å²) in [6, 6.07) is 3.08. The van der Waals surface area contributed by atoms with Gasteiger partial charge in [-0.2, -0.15) is 0 Å². The van der Waals surface area contributed by atoms with Gasteiger partial charge < -0.3 is 14.5 Å². The summed E-state index contributed by atoms with van der Waals surface area (Å²) in [5, 5.41) is 0.329. The number of piperazine rings is 1. The Labute approximate surface area is 161 Å². The molecule has 6 nitrogen and oxygen atoms in total. The van der Waals surface area contributed by atoms with Gasteiger partial charge in [0, 0.05) is 26.1 Å². The highest BCUT2D eigenvalue weighted by atomic mass is 79.9. The van der Waals surface area contributed by atoms with Crippen LogP contribution in [0.5, 0.6) is 0 Å². The minimum absolute atomic E-state index is 0.0506. The second-order valence-corrected chi connectivity index (χ2v) is 8.42. The van der Waals surface area contributed by atoms with E-state index in [2.05, 4.69) is 20.9 Å². The van der Waals surface area contributed by atoms with Crippen LogP contribution < -0.4 is 0 Å². The quantitative estimate of drug-likeness (QED) is 0.629. The van der Waals surface area contributed by atoms with Crippen LogP contribution in [0.15, 0.2) is 16.7 Å². The largest absolute Gasteiger partial charge is 0.444 e. The molecule has 1 aliphatic rings. The van der Waals surface area contributed by atoms with E-state index in [4.69, 9.17) is 16.3 Å². The minimum atomic E-state index is -0.573. The van der Waals surface area contributed by atoms with E-state index in [0.717, 1.165) is 5.56 Å². The van der Waals surface area contributed by atoms with E-state index >= 15 is 0 Å². The van der Waals surface area contributed by atoms with Crippen LogP contribution in [0, 0.1) is 0 Å². The normalized spacial score (nSPS) is 21.2. The number of aromatic nitrogens is 1. The molecule has 8 heteroatoms. The van der Waals surface area contributed by atoms with Crippen LogP contribution in [-0.4, -0.2) is 51.5 Å². The zero-order chi connectivity index (χ0) is 18.9. The Morgan fingerprint density at radius 2 is 1.96 bits per heavy atom. The van der Waals surface area contributed by atoms with Gasteiger partial charge in [0.1, 0.15) is 15.4 Å². The van der Waals surface area contributed by atoms with Gasteiger partial charge in [0.2, 0.25) is 5.91 Å². The summed E-state index contributed by atoms with van der Waals surface area (Å²) in [7, 11) is 0. The molecule has 2 rings (SSSR count). The van der Waals surface area contributed by atoms with Crippen molar-refractivity contribution in [3.8, 4) is 0 Å². The molecule has 2 heterocycles. The maximum absolute atomic E-state index is 12.5. The van der Waals surface area contributed by atoms with Crippen molar-refractivity contribution in [1.29, 1.82) is 0 Å². The Morgan fingerprint density at radius 1 is 1.32 bits per heavy atom. The van der Waals surface area contributed by atoms with Crippen molar-refractivity contribution >= 4 is 39.5 Å². The lowest BCUT2D eigenvalue weighted by atomic mass is 10.0. The van der Waals surface area contributed by atoms with Crippen molar-refractivity contribution < 1.29 is 14.3 Å². The molecule has 0 bridgehead atoms. The van der Waals surface area contributed by atoms with Crippen molar-refractivity contribution in [1.82, 2.24) is 14.8 Å². The summed E-state index contributed by atoms with van der Waals surface area (Å²) in [6.07, 6.45) is -0.383. The van der Waals surface area contributed by atoms with E-state index in [-0.39, 0.29) is 24.1 Å². The molecule has 2 atom stereocenters. The number of hydrogen-bond donors (Lipinski definition) is 0. The molecule has 0 unspecified atom stereocenters. The lowest BCUT2D eigenvalue weighted by Gasteiger charge is -2.45. The lowest BCUT2D eigenvalue weighted by molar-refractivity contribution is -0.137. The first kappa shape index (κ1) is 20.0. The molecule has 0 aromatic carbocycles. The smallest absolute Gasteiger partial charge is 0.410 e. The van der Waals surface area contributed by atoms with Crippen LogP contribution in [0.1, 0.15) is 46.2 Å². The number of halogens is 2. The van der Waals surface area contributed by atoms with Gasteiger partial charge in [-0.1, -0.05) is 11.6 Å². The number of rotatable bonds is 1. The molecular weight excluding hydrogens is 410 g/mol. The highest BCUT2D eigenvalue weighted by molar-refractivity contribution is 9.10. The van der Waals surface area contributed by atoms with Crippen molar-refractivity contribution in [3.05, 3.63) is 27.5 Å². The second kappa shape index (κ2) is 7.50. The number of carbonyl (C=O) groups excluding carboxylic acids is 2. The lowest BCUT2D eigenvalue weighted by Crippen LogP contribution is -2.57. The molecular formula is C17H23BrClN3O3. The zero-order valence-electron chi connectivity index (χ0n) is 15.0. The number of ether oxygens (including phenoxy) is 1. The molecule has 1 fully saturated rings. The van der Waals surface area contributed by atoms with Gasteiger partial charge in [0.05, 0.1) is 6.04 Å². The third kappa shape index (κ3) is 5.07. The van der Waals surface area contributed by atoms with Crippen molar-refractivity contribution in [2.24, 2.45) is 0 Å². The molecule has 1 aromatic rings. The highest BCUT2D eigenvalue weighted by Crippen LogP contribution is 2.32. The Morgan fingerprint density at radius 3 is 2.48 bits per heavy atom. The average Bonchev–Trinajstić information content (AvgIpc) is 2.42. The highest BCUT2D eigenvalue weighted by Gasteiger charge is 2.38. The van der Waals surface area contributed by atoms with E-state index in [1.807, 2.05) is 33.8 Å². The van der Waals surface area contributed by atoms with Gasteiger partial charge in [-0.3, -0.25) is 4.79 Å². The molecule has 138 valence electrons. The third-order valence-electron chi connectivity index (χ3n) is 3.87. The number of hydrogen-bond acceptors (Lipinski definition) is 4. The third-order valence-corrected chi connectivity index (χ3v) is 4.47. The Bertz CT molecular complexity index is 657. The van der Waals surface area contributed by atoms with Crippen LogP contribution in [-0.2, 0) is 9.53 Å². The summed E-state index contributed by atoms with van der Waals surface area (Å²) < 4.78 is 6.07. The molecule has 1 aliphatic heterocycles. The summed E-state index contributed by atoms with van der Waals surface area (Å²) >= 11 is 9.40. The van der Waals surface area contributed by atoms with Crippen molar-refractivity contribution in [3.63, 3.8) is 0 Å². The Hall–Kier alpha value is -1.34. The maximum atomic E-state index is 12.5. The predicted octanol–water partition coefficient (Wildman–Crippen LogP) is 4.03. The summed E-state index contributed by atoms with van der Waals surface area (Å²) in [5.41, 5.74) is 0.249. The van der Waals surface area contributed by atoms with E-state index in [9.17, 15) is 9.59 Å². The maximum Gasteiger partial charge on any atom is 0.410 e. The summed E-state index contributed by atoms with van der Waals surface area (Å²) in [5.74, 6) is -0.0506. The fourth-order valence-electron chi connectivity index (χ4n) is 3.03. The fourth-order valence-corrected chi connectivity index (χ4v) is 3.81. The standard InChI is InChI=1S/C17H23BrClN3O3/c1-10-8-21(16(24)25-17(3,4)5)9-13(22(10)11(2)23)12-6-14(18)20-15(19)7-12/h6-7,10,13H,8-9H2,1-5H3/t10-,13+/m1/s1. The SMILES string of the molecule is CC(=O)N1[C@H](C)CN(C(=O)OC(C)(C)C)C[C@H]1c1cc(Cl)nc(Br)c1. The van der Waals surface area contributed by atoms with Gasteiger partial charge in [-0.15, -0.1) is 0 Å². The predicted molar refractivity (Wildman–Crippen MR) is 99.5 cm³/mol. The molecule has 1 aromatic heterocycles. The Kier molecular flexibility index (Phi) is 5.99. The number of carbonyl (C=O) groups is 2. The van der Waals surface area contributed by atoms with Gasteiger partial charge in [-0.25, -0.2) is 9.78 Å². The first-order chi connectivity index (χ1) is 11.5. The number of amides is 2. The first-order valence-corrected chi connectivity index (χ1v) is 9.25. The number of nitrogens with zero attached hydrogens (tertiary/aromatic N) is 3. The van der Waals surface area contributed by atoms with Crippen LogP contribution >= 0.6 is 27.5 Å². The molecule has 0 aliphatic carbocycles. The molecule has 1 saturated heterocycles. The fraction of sp³-hybridized carbons (Fsp3) is 0.588. The van der Waals surface area contributed by atoms with E-state index in [1.54, 1.807) is 15.9 Å².